The van der Waals surface area contributed by atoms with Gasteiger partial charge < -0.3 is 10.6 Å². The number of hydrogen-bond acceptors (Lipinski definition) is 3. The van der Waals surface area contributed by atoms with Crippen LogP contribution in [0.15, 0.2) is 12.1 Å². The second kappa shape index (κ2) is 6.87. The van der Waals surface area contributed by atoms with E-state index in [9.17, 15) is 13.2 Å². The molecule has 2 rings (SSSR count). The Bertz CT molecular complexity index is 674. The summed E-state index contributed by atoms with van der Waals surface area (Å²) in [5.41, 5.74) is 2.64. The predicted octanol–water partition coefficient (Wildman–Crippen LogP) is 2.77. The van der Waals surface area contributed by atoms with Crippen molar-refractivity contribution in [1.29, 1.82) is 0 Å². The Labute approximate surface area is 136 Å². The number of anilines is 1. The van der Waals surface area contributed by atoms with Gasteiger partial charge in [-0.1, -0.05) is 31.5 Å². The number of nitrogens with one attached hydrogen (secondary N) is 2. The Hall–Kier alpha value is -1.27. The zero-order chi connectivity index (χ0) is 16.3. The van der Waals surface area contributed by atoms with Gasteiger partial charge in [0.15, 0.2) is 9.84 Å². The lowest BCUT2D eigenvalue weighted by molar-refractivity contribution is 0.249. The fourth-order valence-electron chi connectivity index (χ4n) is 2.71. The summed E-state index contributed by atoms with van der Waals surface area (Å²) in [6, 6.07) is 3.04. The number of carbonyl (C=O) groups is 1. The molecule has 1 saturated heterocycles. The third-order valence-corrected chi connectivity index (χ3v) is 6.00. The van der Waals surface area contributed by atoms with Crippen LogP contribution in [0.3, 0.4) is 0 Å². The fourth-order valence-corrected chi connectivity index (χ4v) is 4.68. The van der Waals surface area contributed by atoms with E-state index in [1.54, 1.807) is 0 Å². The average molecular weight is 345 g/mol. The summed E-state index contributed by atoms with van der Waals surface area (Å²) < 4.78 is 22.9. The highest BCUT2D eigenvalue weighted by Gasteiger charge is 2.29. The normalized spacial score (nSPS) is 19.9. The van der Waals surface area contributed by atoms with Crippen LogP contribution in [0.5, 0.6) is 0 Å². The molecule has 1 aromatic carbocycles. The molecule has 0 aliphatic carbocycles. The van der Waals surface area contributed by atoms with Crippen LogP contribution in [0.1, 0.15) is 31.4 Å². The summed E-state index contributed by atoms with van der Waals surface area (Å²) in [5, 5.41) is 6.20. The van der Waals surface area contributed by atoms with E-state index in [0.29, 0.717) is 17.9 Å². The quantitative estimate of drug-likeness (QED) is 0.881. The molecule has 22 heavy (non-hydrogen) atoms. The number of halogens is 1. The van der Waals surface area contributed by atoms with E-state index in [1.165, 1.54) is 0 Å². The minimum atomic E-state index is -3.01. The van der Waals surface area contributed by atoms with Gasteiger partial charge in [0.25, 0.3) is 0 Å². The molecule has 0 aromatic heterocycles. The minimum Gasteiger partial charge on any atom is -0.334 e. The van der Waals surface area contributed by atoms with Gasteiger partial charge >= 0.3 is 6.03 Å². The van der Waals surface area contributed by atoms with Gasteiger partial charge in [0.1, 0.15) is 0 Å². The zero-order valence-corrected chi connectivity index (χ0v) is 14.4. The number of hydrogen-bond donors (Lipinski definition) is 2. The Morgan fingerprint density at radius 1 is 1.32 bits per heavy atom. The second-order valence-corrected chi connectivity index (χ2v) is 8.10. The van der Waals surface area contributed by atoms with E-state index in [4.69, 9.17) is 11.6 Å². The third kappa shape index (κ3) is 3.93. The molecule has 0 saturated carbocycles. The molecule has 1 unspecified atom stereocenters. The van der Waals surface area contributed by atoms with Crippen LogP contribution in [0.25, 0.3) is 0 Å². The lowest BCUT2D eigenvalue weighted by Crippen LogP contribution is -2.39. The summed E-state index contributed by atoms with van der Waals surface area (Å²) in [6.45, 7) is 3.99. The fraction of sp³-hybridized carbons (Fsp3) is 0.533. The van der Waals surface area contributed by atoms with E-state index in [-0.39, 0.29) is 23.6 Å². The number of urea groups is 1. The van der Waals surface area contributed by atoms with Crippen molar-refractivity contribution in [3.63, 3.8) is 0 Å². The first-order valence-electron chi connectivity index (χ1n) is 7.44. The first-order chi connectivity index (χ1) is 10.4. The van der Waals surface area contributed by atoms with Gasteiger partial charge in [0, 0.05) is 11.1 Å². The van der Waals surface area contributed by atoms with Gasteiger partial charge in [-0.2, -0.15) is 0 Å². The van der Waals surface area contributed by atoms with Crippen LogP contribution in [-0.2, 0) is 22.7 Å². The number of aryl methyl sites for hydroxylation is 1. The molecule has 2 N–H and O–H groups in total. The summed E-state index contributed by atoms with van der Waals surface area (Å²) in [7, 11) is -3.01. The molecule has 1 heterocycles. The standard InChI is InChI=1S/C15H21ClN2O3S/c1-3-10-5-6-13(16)12(4-2)14(10)18-15(19)17-11-7-8-22(20,21)9-11/h5-6,11H,3-4,7-9H2,1-2H3,(H2,17,18,19). The molecule has 0 spiro atoms. The van der Waals surface area contributed by atoms with Gasteiger partial charge in [0.05, 0.1) is 17.2 Å². The summed E-state index contributed by atoms with van der Waals surface area (Å²) >= 11 is 6.20. The highest BCUT2D eigenvalue weighted by atomic mass is 35.5. The molecule has 1 fully saturated rings. The van der Waals surface area contributed by atoms with Gasteiger partial charge in [-0.25, -0.2) is 13.2 Å². The van der Waals surface area contributed by atoms with E-state index in [2.05, 4.69) is 10.6 Å². The lowest BCUT2D eigenvalue weighted by atomic mass is 10.0. The summed E-state index contributed by atoms with van der Waals surface area (Å²) in [5.74, 6) is 0.146. The van der Waals surface area contributed by atoms with Crippen LogP contribution in [0, 0.1) is 0 Å². The second-order valence-electron chi connectivity index (χ2n) is 5.47. The van der Waals surface area contributed by atoms with Crippen molar-refractivity contribution < 1.29 is 13.2 Å². The van der Waals surface area contributed by atoms with E-state index in [0.717, 1.165) is 23.2 Å². The van der Waals surface area contributed by atoms with Crippen molar-refractivity contribution >= 4 is 33.2 Å². The monoisotopic (exact) mass is 344 g/mol. The van der Waals surface area contributed by atoms with Crippen LogP contribution in [-0.4, -0.2) is 32.0 Å². The molecule has 1 aliphatic heterocycles. The molecule has 1 aromatic rings. The van der Waals surface area contributed by atoms with Gasteiger partial charge in [-0.15, -0.1) is 0 Å². The van der Waals surface area contributed by atoms with Crippen LogP contribution >= 0.6 is 11.6 Å². The number of rotatable bonds is 4. The van der Waals surface area contributed by atoms with E-state index >= 15 is 0 Å². The maximum absolute atomic E-state index is 12.2. The average Bonchev–Trinajstić information content (AvgIpc) is 2.78. The summed E-state index contributed by atoms with van der Waals surface area (Å²) in [6.07, 6.45) is 1.95. The molecule has 1 atom stereocenters. The van der Waals surface area contributed by atoms with Crippen molar-refractivity contribution in [2.24, 2.45) is 0 Å². The van der Waals surface area contributed by atoms with Crippen molar-refractivity contribution in [2.75, 3.05) is 16.8 Å². The molecule has 0 bridgehead atoms. The maximum atomic E-state index is 12.2. The number of benzene rings is 1. The Morgan fingerprint density at radius 2 is 2.05 bits per heavy atom. The minimum absolute atomic E-state index is 0.0111. The topological polar surface area (TPSA) is 75.3 Å². The Kier molecular flexibility index (Phi) is 5.34. The van der Waals surface area contributed by atoms with Crippen molar-refractivity contribution in [2.45, 2.75) is 39.2 Å². The summed E-state index contributed by atoms with van der Waals surface area (Å²) in [4.78, 5) is 12.2. The van der Waals surface area contributed by atoms with Crippen LogP contribution < -0.4 is 10.6 Å². The number of carbonyl (C=O) groups excluding carboxylic acids is 1. The molecule has 7 heteroatoms. The van der Waals surface area contributed by atoms with E-state index < -0.39 is 9.84 Å². The predicted molar refractivity (Wildman–Crippen MR) is 89.4 cm³/mol. The van der Waals surface area contributed by atoms with Crippen LogP contribution in [0.4, 0.5) is 10.5 Å². The Morgan fingerprint density at radius 3 is 2.59 bits per heavy atom. The third-order valence-electron chi connectivity index (χ3n) is 3.88. The molecule has 1 aliphatic rings. The molecule has 122 valence electrons. The number of sulfone groups is 1. The highest BCUT2D eigenvalue weighted by Crippen LogP contribution is 2.29. The first-order valence-corrected chi connectivity index (χ1v) is 9.64. The van der Waals surface area contributed by atoms with E-state index in [1.807, 2.05) is 26.0 Å². The van der Waals surface area contributed by atoms with Gasteiger partial charge in [0.2, 0.25) is 0 Å². The SMILES string of the molecule is CCc1ccc(Cl)c(CC)c1NC(=O)NC1CCS(=O)(=O)C1. The molecular weight excluding hydrogens is 324 g/mol. The molecule has 0 radical (unpaired) electrons. The Balaban J connectivity index is 2.13. The smallest absolute Gasteiger partial charge is 0.319 e. The van der Waals surface area contributed by atoms with Crippen molar-refractivity contribution in [3.8, 4) is 0 Å². The lowest BCUT2D eigenvalue weighted by Gasteiger charge is -2.18. The van der Waals surface area contributed by atoms with Crippen molar-refractivity contribution in [1.82, 2.24) is 5.32 Å². The van der Waals surface area contributed by atoms with Gasteiger partial charge in [-0.3, -0.25) is 0 Å². The number of amides is 2. The highest BCUT2D eigenvalue weighted by molar-refractivity contribution is 7.91. The molecule has 2 amide bonds. The zero-order valence-electron chi connectivity index (χ0n) is 12.8. The molecular formula is C15H21ClN2O3S. The van der Waals surface area contributed by atoms with Crippen LogP contribution in [0.2, 0.25) is 5.02 Å². The molecule has 5 nitrogen and oxygen atoms in total. The first kappa shape index (κ1) is 17.1. The largest absolute Gasteiger partial charge is 0.334 e. The maximum Gasteiger partial charge on any atom is 0.319 e. The van der Waals surface area contributed by atoms with Crippen molar-refractivity contribution in [3.05, 3.63) is 28.3 Å². The van der Waals surface area contributed by atoms with Gasteiger partial charge in [-0.05, 0) is 36.5 Å².